The van der Waals surface area contributed by atoms with Crippen LogP contribution in [0.3, 0.4) is 0 Å². The van der Waals surface area contributed by atoms with Crippen LogP contribution in [0.1, 0.15) is 33.5 Å². The Balaban J connectivity index is 2.33. The molecule has 16 heavy (non-hydrogen) atoms. The Morgan fingerprint density at radius 3 is 2.25 bits per heavy atom. The SMILES string of the molecule is CC(C)C(CNCc1ccc(I)o1)C(C)C. The maximum absolute atomic E-state index is 5.51. The normalized spacial score (nSPS) is 12.0. The standard InChI is InChI=1S/C13H22INO/c1-9(2)12(10(3)4)8-15-7-11-5-6-13(14)16-11/h5-6,9-10,12,15H,7-8H2,1-4H3. The Morgan fingerprint density at radius 2 is 1.81 bits per heavy atom. The molecule has 0 fully saturated rings. The number of halogens is 1. The lowest BCUT2D eigenvalue weighted by Crippen LogP contribution is -2.29. The summed E-state index contributed by atoms with van der Waals surface area (Å²) >= 11 is 2.19. The predicted octanol–water partition coefficient (Wildman–Crippen LogP) is 3.90. The first-order valence-corrected chi connectivity index (χ1v) is 7.03. The third-order valence-electron chi connectivity index (χ3n) is 3.02. The predicted molar refractivity (Wildman–Crippen MR) is 76.3 cm³/mol. The molecule has 0 bridgehead atoms. The Labute approximate surface area is 112 Å². The summed E-state index contributed by atoms with van der Waals surface area (Å²) < 4.78 is 6.47. The summed E-state index contributed by atoms with van der Waals surface area (Å²) in [6.07, 6.45) is 0. The lowest BCUT2D eigenvalue weighted by atomic mass is 9.85. The van der Waals surface area contributed by atoms with Crippen molar-refractivity contribution in [2.24, 2.45) is 17.8 Å². The Hall–Kier alpha value is -0.0300. The van der Waals surface area contributed by atoms with E-state index in [1.165, 1.54) is 0 Å². The van der Waals surface area contributed by atoms with Gasteiger partial charge < -0.3 is 9.73 Å². The largest absolute Gasteiger partial charge is 0.454 e. The van der Waals surface area contributed by atoms with E-state index in [0.29, 0.717) is 0 Å². The quantitative estimate of drug-likeness (QED) is 0.798. The topological polar surface area (TPSA) is 25.2 Å². The van der Waals surface area contributed by atoms with Gasteiger partial charge in [-0.05, 0) is 59.0 Å². The van der Waals surface area contributed by atoms with Gasteiger partial charge in [0, 0.05) is 0 Å². The van der Waals surface area contributed by atoms with Gasteiger partial charge in [0.25, 0.3) is 0 Å². The smallest absolute Gasteiger partial charge is 0.164 e. The van der Waals surface area contributed by atoms with Gasteiger partial charge >= 0.3 is 0 Å². The molecule has 0 saturated carbocycles. The zero-order chi connectivity index (χ0) is 12.1. The molecular weight excluding hydrogens is 313 g/mol. The molecular formula is C13H22INO. The van der Waals surface area contributed by atoms with Crippen LogP contribution in [0.25, 0.3) is 0 Å². The van der Waals surface area contributed by atoms with E-state index in [1.807, 2.05) is 12.1 Å². The average Bonchev–Trinajstić information content (AvgIpc) is 2.57. The average molecular weight is 335 g/mol. The molecule has 0 amide bonds. The Bertz CT molecular complexity index is 299. The molecule has 0 aliphatic carbocycles. The van der Waals surface area contributed by atoms with E-state index in [0.717, 1.165) is 40.4 Å². The molecule has 0 radical (unpaired) electrons. The Kier molecular flexibility index (Phi) is 5.83. The van der Waals surface area contributed by atoms with Crippen molar-refractivity contribution < 1.29 is 4.42 Å². The van der Waals surface area contributed by atoms with Crippen LogP contribution in [0.4, 0.5) is 0 Å². The van der Waals surface area contributed by atoms with Crippen LogP contribution >= 0.6 is 22.6 Å². The molecule has 1 heterocycles. The van der Waals surface area contributed by atoms with E-state index in [1.54, 1.807) is 0 Å². The number of hydrogen-bond acceptors (Lipinski definition) is 2. The van der Waals surface area contributed by atoms with Crippen LogP contribution in [0.5, 0.6) is 0 Å². The van der Waals surface area contributed by atoms with Crippen molar-refractivity contribution in [3.8, 4) is 0 Å². The minimum absolute atomic E-state index is 0.726. The van der Waals surface area contributed by atoms with Crippen molar-refractivity contribution in [1.29, 1.82) is 0 Å². The summed E-state index contributed by atoms with van der Waals surface area (Å²) in [5.41, 5.74) is 0. The van der Waals surface area contributed by atoms with Crippen LogP contribution in [0, 0.1) is 21.5 Å². The molecule has 1 aromatic rings. The number of nitrogens with one attached hydrogen (secondary N) is 1. The highest BCUT2D eigenvalue weighted by atomic mass is 127. The zero-order valence-corrected chi connectivity index (χ0v) is 12.7. The second kappa shape index (κ2) is 6.64. The highest BCUT2D eigenvalue weighted by molar-refractivity contribution is 14.1. The lowest BCUT2D eigenvalue weighted by molar-refractivity contribution is 0.272. The van der Waals surface area contributed by atoms with Gasteiger partial charge in [0.1, 0.15) is 5.76 Å². The van der Waals surface area contributed by atoms with E-state index in [2.05, 4.69) is 55.6 Å². The van der Waals surface area contributed by atoms with Gasteiger partial charge in [-0.3, -0.25) is 0 Å². The summed E-state index contributed by atoms with van der Waals surface area (Å²) in [6.45, 7) is 11.1. The molecule has 1 rings (SSSR count). The van der Waals surface area contributed by atoms with Crippen molar-refractivity contribution in [2.75, 3.05) is 6.54 Å². The van der Waals surface area contributed by atoms with Crippen molar-refractivity contribution in [3.63, 3.8) is 0 Å². The minimum atomic E-state index is 0.726. The van der Waals surface area contributed by atoms with Gasteiger partial charge in [0.15, 0.2) is 3.77 Å². The van der Waals surface area contributed by atoms with Crippen molar-refractivity contribution in [2.45, 2.75) is 34.2 Å². The Morgan fingerprint density at radius 1 is 1.19 bits per heavy atom. The van der Waals surface area contributed by atoms with Gasteiger partial charge in [-0.25, -0.2) is 0 Å². The molecule has 0 saturated heterocycles. The zero-order valence-electron chi connectivity index (χ0n) is 10.6. The van der Waals surface area contributed by atoms with Crippen molar-refractivity contribution >= 4 is 22.6 Å². The maximum Gasteiger partial charge on any atom is 0.164 e. The van der Waals surface area contributed by atoms with Crippen LogP contribution in [0.2, 0.25) is 0 Å². The molecule has 92 valence electrons. The van der Waals surface area contributed by atoms with Crippen LogP contribution in [-0.2, 0) is 6.54 Å². The maximum atomic E-state index is 5.51. The molecule has 0 unspecified atom stereocenters. The van der Waals surface area contributed by atoms with Gasteiger partial charge in [-0.2, -0.15) is 0 Å². The molecule has 2 nitrogen and oxygen atoms in total. The van der Waals surface area contributed by atoms with E-state index < -0.39 is 0 Å². The summed E-state index contributed by atoms with van der Waals surface area (Å²) in [7, 11) is 0. The number of rotatable bonds is 6. The summed E-state index contributed by atoms with van der Waals surface area (Å²) in [5, 5.41) is 3.48. The molecule has 0 atom stereocenters. The van der Waals surface area contributed by atoms with Crippen LogP contribution < -0.4 is 5.32 Å². The summed E-state index contributed by atoms with van der Waals surface area (Å²) in [5.74, 6) is 3.21. The molecule has 0 aliphatic heterocycles. The third kappa shape index (κ3) is 4.45. The first kappa shape index (κ1) is 14.0. The third-order valence-corrected chi connectivity index (χ3v) is 3.60. The molecule has 0 aliphatic rings. The minimum Gasteiger partial charge on any atom is -0.454 e. The summed E-state index contributed by atoms with van der Waals surface area (Å²) in [6, 6.07) is 4.04. The highest BCUT2D eigenvalue weighted by Gasteiger charge is 2.16. The second-order valence-electron chi connectivity index (χ2n) is 4.99. The fourth-order valence-corrected chi connectivity index (χ4v) is 2.51. The van der Waals surface area contributed by atoms with Crippen LogP contribution in [-0.4, -0.2) is 6.54 Å². The number of hydrogen-bond donors (Lipinski definition) is 1. The van der Waals surface area contributed by atoms with Crippen molar-refractivity contribution in [3.05, 3.63) is 21.7 Å². The van der Waals surface area contributed by atoms with E-state index >= 15 is 0 Å². The highest BCUT2D eigenvalue weighted by Crippen LogP contribution is 2.19. The first-order chi connectivity index (χ1) is 7.50. The fourth-order valence-electron chi connectivity index (χ4n) is 2.05. The fraction of sp³-hybridized carbons (Fsp3) is 0.692. The first-order valence-electron chi connectivity index (χ1n) is 5.95. The van der Waals surface area contributed by atoms with Gasteiger partial charge in [-0.1, -0.05) is 27.7 Å². The monoisotopic (exact) mass is 335 g/mol. The van der Waals surface area contributed by atoms with Gasteiger partial charge in [0.2, 0.25) is 0 Å². The lowest BCUT2D eigenvalue weighted by Gasteiger charge is -2.24. The molecule has 1 N–H and O–H groups in total. The molecule has 0 spiro atoms. The van der Waals surface area contributed by atoms with E-state index in [9.17, 15) is 0 Å². The van der Waals surface area contributed by atoms with E-state index in [-0.39, 0.29) is 0 Å². The van der Waals surface area contributed by atoms with Gasteiger partial charge in [-0.15, -0.1) is 0 Å². The van der Waals surface area contributed by atoms with Gasteiger partial charge in [0.05, 0.1) is 6.54 Å². The number of furan rings is 1. The van der Waals surface area contributed by atoms with Crippen LogP contribution in [0.15, 0.2) is 16.5 Å². The van der Waals surface area contributed by atoms with Crippen molar-refractivity contribution in [1.82, 2.24) is 5.32 Å². The molecule has 1 aromatic heterocycles. The molecule has 0 aromatic carbocycles. The van der Waals surface area contributed by atoms with E-state index in [4.69, 9.17) is 4.42 Å². The summed E-state index contributed by atoms with van der Waals surface area (Å²) in [4.78, 5) is 0. The molecule has 3 heteroatoms. The second-order valence-corrected chi connectivity index (χ2v) is 6.05.